The van der Waals surface area contributed by atoms with Gasteiger partial charge in [-0.25, -0.2) is 0 Å². The van der Waals surface area contributed by atoms with Crippen LogP contribution in [0, 0.1) is 0 Å². The van der Waals surface area contributed by atoms with Crippen molar-refractivity contribution in [1.82, 2.24) is 10.1 Å². The fourth-order valence-electron chi connectivity index (χ4n) is 2.47. The molecule has 1 N–H and O–H groups in total. The summed E-state index contributed by atoms with van der Waals surface area (Å²) >= 11 is 0. The van der Waals surface area contributed by atoms with Crippen molar-refractivity contribution in [2.75, 3.05) is 20.3 Å². The van der Waals surface area contributed by atoms with Gasteiger partial charge in [-0.3, -0.25) is 0 Å². The molecular weight excluding hydrogens is 272 g/mol. The highest BCUT2D eigenvalue weighted by Crippen LogP contribution is 2.26. The molecule has 1 saturated heterocycles. The number of benzene rings is 1. The molecule has 1 fully saturated rings. The normalized spacial score (nSPS) is 22.2. The number of rotatable bonds is 4. The second-order valence-electron chi connectivity index (χ2n) is 5.07. The summed E-state index contributed by atoms with van der Waals surface area (Å²) in [6.45, 7) is 0.983. The van der Waals surface area contributed by atoms with Crippen molar-refractivity contribution < 1.29 is 19.1 Å². The number of hydrogen-bond acceptors (Lipinski definition) is 6. The van der Waals surface area contributed by atoms with Crippen LogP contribution in [-0.4, -0.2) is 41.7 Å². The SMILES string of the molecule is COc1ccccc1Cc1noc(C2COCCC2O)n1. The first-order valence-electron chi connectivity index (χ1n) is 6.98. The van der Waals surface area contributed by atoms with E-state index in [1.54, 1.807) is 7.11 Å². The molecule has 2 atom stereocenters. The molecule has 112 valence electrons. The van der Waals surface area contributed by atoms with Crippen LogP contribution in [0.4, 0.5) is 0 Å². The van der Waals surface area contributed by atoms with E-state index in [-0.39, 0.29) is 5.92 Å². The molecule has 1 aromatic heterocycles. The van der Waals surface area contributed by atoms with Gasteiger partial charge in [0.15, 0.2) is 5.82 Å². The summed E-state index contributed by atoms with van der Waals surface area (Å²) in [6, 6.07) is 7.72. The van der Waals surface area contributed by atoms with E-state index in [2.05, 4.69) is 10.1 Å². The maximum absolute atomic E-state index is 9.98. The third-order valence-electron chi connectivity index (χ3n) is 3.66. The Morgan fingerprint density at radius 2 is 2.24 bits per heavy atom. The Kier molecular flexibility index (Phi) is 4.17. The fourth-order valence-corrected chi connectivity index (χ4v) is 2.47. The average Bonchev–Trinajstić information content (AvgIpc) is 2.96. The van der Waals surface area contributed by atoms with Crippen LogP contribution < -0.4 is 4.74 Å². The minimum absolute atomic E-state index is 0.238. The number of aliphatic hydroxyl groups excluding tert-OH is 1. The van der Waals surface area contributed by atoms with Gasteiger partial charge in [-0.2, -0.15) is 4.98 Å². The number of aliphatic hydroxyl groups is 1. The van der Waals surface area contributed by atoms with Gasteiger partial charge in [0.2, 0.25) is 5.89 Å². The maximum Gasteiger partial charge on any atom is 0.234 e. The van der Waals surface area contributed by atoms with Crippen molar-refractivity contribution in [3.63, 3.8) is 0 Å². The number of hydrogen-bond donors (Lipinski definition) is 1. The molecule has 21 heavy (non-hydrogen) atoms. The molecule has 1 aliphatic rings. The first kappa shape index (κ1) is 14.0. The summed E-state index contributed by atoms with van der Waals surface area (Å²) < 4.78 is 16.0. The van der Waals surface area contributed by atoms with Gasteiger partial charge < -0.3 is 19.1 Å². The summed E-state index contributed by atoms with van der Waals surface area (Å²) in [6.07, 6.45) is 0.629. The molecule has 2 unspecified atom stereocenters. The molecule has 1 aromatic carbocycles. The zero-order chi connectivity index (χ0) is 14.7. The molecule has 0 radical (unpaired) electrons. The van der Waals surface area contributed by atoms with Crippen LogP contribution in [0.1, 0.15) is 29.6 Å². The Labute approximate surface area is 122 Å². The van der Waals surface area contributed by atoms with Crippen LogP contribution in [0.3, 0.4) is 0 Å². The minimum Gasteiger partial charge on any atom is -0.496 e. The molecule has 0 spiro atoms. The van der Waals surface area contributed by atoms with Gasteiger partial charge in [-0.15, -0.1) is 0 Å². The first-order valence-corrected chi connectivity index (χ1v) is 6.98. The molecule has 2 heterocycles. The van der Waals surface area contributed by atoms with Gasteiger partial charge in [0.25, 0.3) is 0 Å². The zero-order valence-corrected chi connectivity index (χ0v) is 11.9. The molecule has 0 amide bonds. The monoisotopic (exact) mass is 290 g/mol. The predicted molar refractivity (Wildman–Crippen MR) is 74.3 cm³/mol. The van der Waals surface area contributed by atoms with E-state index in [9.17, 15) is 5.11 Å². The number of ether oxygens (including phenoxy) is 2. The van der Waals surface area contributed by atoms with E-state index < -0.39 is 6.10 Å². The minimum atomic E-state index is -0.488. The quantitative estimate of drug-likeness (QED) is 0.920. The van der Waals surface area contributed by atoms with Gasteiger partial charge in [0.1, 0.15) is 5.75 Å². The molecule has 2 aromatic rings. The van der Waals surface area contributed by atoms with Gasteiger partial charge >= 0.3 is 0 Å². The van der Waals surface area contributed by atoms with Crippen LogP contribution in [0.15, 0.2) is 28.8 Å². The molecule has 0 bridgehead atoms. The van der Waals surface area contributed by atoms with Gasteiger partial charge in [0, 0.05) is 18.6 Å². The van der Waals surface area contributed by atoms with Crippen LogP contribution in [0.25, 0.3) is 0 Å². The van der Waals surface area contributed by atoms with E-state index in [0.29, 0.717) is 37.8 Å². The smallest absolute Gasteiger partial charge is 0.234 e. The van der Waals surface area contributed by atoms with Gasteiger partial charge in [0.05, 0.1) is 25.7 Å². The van der Waals surface area contributed by atoms with Crippen molar-refractivity contribution in [1.29, 1.82) is 0 Å². The Morgan fingerprint density at radius 3 is 3.05 bits per heavy atom. The lowest BCUT2D eigenvalue weighted by molar-refractivity contribution is -0.0149. The fraction of sp³-hybridized carbons (Fsp3) is 0.467. The summed E-state index contributed by atoms with van der Waals surface area (Å²) in [5.41, 5.74) is 0.993. The van der Waals surface area contributed by atoms with Crippen LogP contribution in [0.5, 0.6) is 5.75 Å². The highest BCUT2D eigenvalue weighted by Gasteiger charge is 2.30. The largest absolute Gasteiger partial charge is 0.496 e. The number of nitrogens with zero attached hydrogens (tertiary/aromatic N) is 2. The summed E-state index contributed by atoms with van der Waals surface area (Å²) in [5.74, 6) is 1.57. The summed E-state index contributed by atoms with van der Waals surface area (Å²) in [5, 5.41) is 14.0. The topological polar surface area (TPSA) is 77.6 Å². The standard InChI is InChI=1S/C15H18N2O4/c1-19-13-5-3-2-4-10(13)8-14-16-15(21-17-14)11-9-20-7-6-12(11)18/h2-5,11-12,18H,6-9H2,1H3. The number of aromatic nitrogens is 2. The van der Waals surface area contributed by atoms with E-state index in [0.717, 1.165) is 11.3 Å². The lowest BCUT2D eigenvalue weighted by Gasteiger charge is -2.24. The number of para-hydroxylation sites is 1. The second kappa shape index (κ2) is 6.24. The Balaban J connectivity index is 1.76. The molecule has 3 rings (SSSR count). The van der Waals surface area contributed by atoms with E-state index in [4.69, 9.17) is 14.0 Å². The van der Waals surface area contributed by atoms with Crippen LogP contribution in [0.2, 0.25) is 0 Å². The highest BCUT2D eigenvalue weighted by atomic mass is 16.5. The second-order valence-corrected chi connectivity index (χ2v) is 5.07. The third kappa shape index (κ3) is 3.06. The van der Waals surface area contributed by atoms with Gasteiger partial charge in [-0.05, 0) is 12.5 Å². The Bertz CT molecular complexity index is 599. The highest BCUT2D eigenvalue weighted by molar-refractivity contribution is 5.35. The van der Waals surface area contributed by atoms with Crippen molar-refractivity contribution in [2.24, 2.45) is 0 Å². The molecule has 1 aliphatic heterocycles. The van der Waals surface area contributed by atoms with Crippen molar-refractivity contribution in [2.45, 2.75) is 24.9 Å². The van der Waals surface area contributed by atoms with Crippen LogP contribution >= 0.6 is 0 Å². The van der Waals surface area contributed by atoms with E-state index in [1.807, 2.05) is 24.3 Å². The molecule has 6 heteroatoms. The predicted octanol–water partition coefficient (Wildman–Crippen LogP) is 1.53. The molecule has 6 nitrogen and oxygen atoms in total. The third-order valence-corrected chi connectivity index (χ3v) is 3.66. The van der Waals surface area contributed by atoms with E-state index in [1.165, 1.54) is 0 Å². The number of methoxy groups -OCH3 is 1. The summed E-state index contributed by atoms with van der Waals surface area (Å²) in [7, 11) is 1.64. The maximum atomic E-state index is 9.98. The molecule has 0 aliphatic carbocycles. The van der Waals surface area contributed by atoms with Crippen molar-refractivity contribution >= 4 is 0 Å². The zero-order valence-electron chi connectivity index (χ0n) is 11.9. The first-order chi connectivity index (χ1) is 10.3. The van der Waals surface area contributed by atoms with Crippen molar-refractivity contribution in [3.05, 3.63) is 41.5 Å². The lowest BCUT2D eigenvalue weighted by atomic mass is 9.99. The lowest BCUT2D eigenvalue weighted by Crippen LogP contribution is -2.30. The average molecular weight is 290 g/mol. The Morgan fingerprint density at radius 1 is 1.38 bits per heavy atom. The molecular formula is C15H18N2O4. The van der Waals surface area contributed by atoms with Crippen LogP contribution in [-0.2, 0) is 11.2 Å². The molecule has 0 saturated carbocycles. The summed E-state index contributed by atoms with van der Waals surface area (Å²) in [4.78, 5) is 4.38. The van der Waals surface area contributed by atoms with E-state index >= 15 is 0 Å². The Hall–Kier alpha value is -1.92. The van der Waals surface area contributed by atoms with Gasteiger partial charge in [-0.1, -0.05) is 23.4 Å². The van der Waals surface area contributed by atoms with Crippen molar-refractivity contribution in [3.8, 4) is 5.75 Å².